The number of thioether (sulfide) groups is 1. The molecule has 1 aromatic heterocycles. The summed E-state index contributed by atoms with van der Waals surface area (Å²) in [5, 5.41) is 16.0. The monoisotopic (exact) mass is 457 g/mol. The summed E-state index contributed by atoms with van der Waals surface area (Å²) < 4.78 is 2.05. The highest BCUT2D eigenvalue weighted by Gasteiger charge is 2.15. The Morgan fingerprint density at radius 2 is 1.64 bits per heavy atom. The van der Waals surface area contributed by atoms with E-state index in [4.69, 9.17) is 0 Å². The molecule has 1 heterocycles. The van der Waals surface area contributed by atoms with Gasteiger partial charge in [0.05, 0.1) is 6.54 Å². The van der Waals surface area contributed by atoms with Crippen molar-refractivity contribution >= 4 is 29.0 Å². The Morgan fingerprint density at radius 1 is 0.909 bits per heavy atom. The third kappa shape index (κ3) is 6.02. The minimum Gasteiger partial charge on any atom is -0.378 e. The van der Waals surface area contributed by atoms with Gasteiger partial charge in [0, 0.05) is 29.2 Å². The number of nitrogens with zero attached hydrogens (tertiary/aromatic N) is 3. The van der Waals surface area contributed by atoms with Gasteiger partial charge in [0.1, 0.15) is 0 Å². The Balaban J connectivity index is 1.43. The zero-order chi connectivity index (χ0) is 23.0. The summed E-state index contributed by atoms with van der Waals surface area (Å²) in [6.07, 6.45) is 0.387. The summed E-state index contributed by atoms with van der Waals surface area (Å²) >= 11 is 1.53. The number of hydrogen-bond donors (Lipinski definition) is 2. The van der Waals surface area contributed by atoms with Gasteiger partial charge in [0.25, 0.3) is 0 Å². The third-order valence-electron chi connectivity index (χ3n) is 5.20. The van der Waals surface area contributed by atoms with Crippen LogP contribution in [0.25, 0.3) is 5.69 Å². The molecule has 0 unspecified atom stereocenters. The largest absolute Gasteiger partial charge is 0.378 e. The second-order valence-electron chi connectivity index (χ2n) is 7.75. The number of nitrogens with one attached hydrogen (secondary N) is 2. The van der Waals surface area contributed by atoms with Crippen molar-refractivity contribution in [2.24, 2.45) is 0 Å². The quantitative estimate of drug-likeness (QED) is 0.319. The molecule has 0 aliphatic rings. The number of aromatic nitrogens is 3. The van der Waals surface area contributed by atoms with Crippen LogP contribution in [0.3, 0.4) is 0 Å². The number of benzene rings is 3. The van der Waals surface area contributed by atoms with Gasteiger partial charge >= 0.3 is 0 Å². The molecule has 0 radical (unpaired) electrons. The fourth-order valence-electron chi connectivity index (χ4n) is 3.36. The number of hydrogen-bond acceptors (Lipinski definition) is 5. The summed E-state index contributed by atoms with van der Waals surface area (Å²) in [6.45, 7) is 4.60. The van der Waals surface area contributed by atoms with Crippen LogP contribution >= 0.6 is 11.8 Å². The predicted molar refractivity (Wildman–Crippen MR) is 135 cm³/mol. The van der Waals surface area contributed by atoms with Crippen molar-refractivity contribution in [1.29, 1.82) is 0 Å². The van der Waals surface area contributed by atoms with Crippen molar-refractivity contribution in [3.63, 3.8) is 0 Å². The average Bonchev–Trinajstić information content (AvgIpc) is 3.23. The van der Waals surface area contributed by atoms with Crippen LogP contribution < -0.4 is 10.6 Å². The molecule has 168 valence electrons. The topological polar surface area (TPSA) is 71.8 Å². The van der Waals surface area contributed by atoms with Crippen molar-refractivity contribution in [3.8, 4) is 5.69 Å². The first-order chi connectivity index (χ1) is 16.1. The molecule has 0 aliphatic heterocycles. The lowest BCUT2D eigenvalue weighted by Gasteiger charge is -2.12. The standard InChI is InChI=1S/C26H27N5OS/c1-19-12-14-21(15-13-19)27-18-24-29-30-26(31(24)22-9-4-3-5-10-22)33-17-16-25(32)28-23-11-7-6-8-20(23)2/h3-15,27H,16-18H2,1-2H3,(H,28,32). The maximum Gasteiger partial charge on any atom is 0.225 e. The van der Waals surface area contributed by atoms with E-state index in [9.17, 15) is 4.79 Å². The van der Waals surface area contributed by atoms with Crippen LogP contribution in [0.15, 0.2) is 84.0 Å². The maximum absolute atomic E-state index is 12.4. The molecule has 0 atom stereocenters. The Morgan fingerprint density at radius 3 is 2.39 bits per heavy atom. The number of amides is 1. The Kier molecular flexibility index (Phi) is 7.42. The molecule has 4 aromatic rings. The van der Waals surface area contributed by atoms with Crippen LogP contribution in [0.1, 0.15) is 23.4 Å². The van der Waals surface area contributed by atoms with Gasteiger partial charge in [-0.2, -0.15) is 0 Å². The van der Waals surface area contributed by atoms with Gasteiger partial charge in [0.2, 0.25) is 5.91 Å². The molecule has 3 aromatic carbocycles. The first-order valence-corrected chi connectivity index (χ1v) is 11.9. The van der Waals surface area contributed by atoms with Gasteiger partial charge in [-0.05, 0) is 49.7 Å². The van der Waals surface area contributed by atoms with Crippen LogP contribution in [0.4, 0.5) is 11.4 Å². The number of rotatable bonds is 9. The maximum atomic E-state index is 12.4. The fraction of sp³-hybridized carbons (Fsp3) is 0.192. The third-order valence-corrected chi connectivity index (χ3v) is 6.13. The summed E-state index contributed by atoms with van der Waals surface area (Å²) in [4.78, 5) is 12.4. The second-order valence-corrected chi connectivity index (χ2v) is 8.81. The first-order valence-electron chi connectivity index (χ1n) is 10.9. The van der Waals surface area contributed by atoms with Gasteiger partial charge in [-0.15, -0.1) is 10.2 Å². The molecule has 1 amide bonds. The molecule has 0 aliphatic carbocycles. The molecule has 33 heavy (non-hydrogen) atoms. The summed E-state index contributed by atoms with van der Waals surface area (Å²) in [5.41, 5.74) is 5.15. The van der Waals surface area contributed by atoms with Crippen molar-refractivity contribution < 1.29 is 4.79 Å². The molecule has 2 N–H and O–H groups in total. The van der Waals surface area contributed by atoms with Crippen molar-refractivity contribution in [2.75, 3.05) is 16.4 Å². The number of aryl methyl sites for hydroxylation is 2. The molecule has 0 bridgehead atoms. The van der Waals surface area contributed by atoms with Gasteiger partial charge in [-0.25, -0.2) is 0 Å². The van der Waals surface area contributed by atoms with Crippen LogP contribution in [0.2, 0.25) is 0 Å². The van der Waals surface area contributed by atoms with Crippen LogP contribution in [0, 0.1) is 13.8 Å². The summed E-state index contributed by atoms with van der Waals surface area (Å²) in [7, 11) is 0. The highest BCUT2D eigenvalue weighted by Crippen LogP contribution is 2.24. The SMILES string of the molecule is Cc1ccc(NCc2nnc(SCCC(=O)Nc3ccccc3C)n2-c2ccccc2)cc1. The normalized spacial score (nSPS) is 10.7. The molecular formula is C26H27N5OS. The zero-order valence-corrected chi connectivity index (χ0v) is 19.6. The highest BCUT2D eigenvalue weighted by atomic mass is 32.2. The predicted octanol–water partition coefficient (Wildman–Crippen LogP) is 5.62. The van der Waals surface area contributed by atoms with E-state index in [-0.39, 0.29) is 5.91 Å². The van der Waals surface area contributed by atoms with Crippen molar-refractivity contribution in [2.45, 2.75) is 32.0 Å². The van der Waals surface area contributed by atoms with Crippen LogP contribution in [0.5, 0.6) is 0 Å². The van der Waals surface area contributed by atoms with Gasteiger partial charge < -0.3 is 10.6 Å². The summed E-state index contributed by atoms with van der Waals surface area (Å²) in [6, 6.07) is 26.1. The van der Waals surface area contributed by atoms with E-state index >= 15 is 0 Å². The Labute approximate surface area is 198 Å². The number of carbonyl (C=O) groups is 1. The lowest BCUT2D eigenvalue weighted by molar-refractivity contribution is -0.115. The first kappa shape index (κ1) is 22.6. The smallest absolute Gasteiger partial charge is 0.225 e. The molecule has 7 heteroatoms. The van der Waals surface area contributed by atoms with Gasteiger partial charge in [-0.1, -0.05) is 65.9 Å². The van der Waals surface area contributed by atoms with Crippen LogP contribution in [-0.4, -0.2) is 26.4 Å². The minimum atomic E-state index is -0.0103. The molecule has 0 saturated carbocycles. The molecule has 0 saturated heterocycles. The van der Waals surface area contributed by atoms with E-state index in [1.165, 1.54) is 17.3 Å². The van der Waals surface area contributed by atoms with E-state index in [0.29, 0.717) is 18.7 Å². The van der Waals surface area contributed by atoms with E-state index in [1.807, 2.05) is 66.1 Å². The number of para-hydroxylation sites is 2. The Hall–Kier alpha value is -3.58. The molecule has 0 fully saturated rings. The Bertz CT molecular complexity index is 1210. The van der Waals surface area contributed by atoms with Gasteiger partial charge in [0.15, 0.2) is 11.0 Å². The van der Waals surface area contributed by atoms with Gasteiger partial charge in [-0.3, -0.25) is 9.36 Å². The molecule has 4 rings (SSSR count). The van der Waals surface area contributed by atoms with E-state index in [0.717, 1.165) is 33.6 Å². The fourth-order valence-corrected chi connectivity index (χ4v) is 4.27. The molecular weight excluding hydrogens is 430 g/mol. The highest BCUT2D eigenvalue weighted by molar-refractivity contribution is 7.99. The lowest BCUT2D eigenvalue weighted by Crippen LogP contribution is -2.13. The van der Waals surface area contributed by atoms with E-state index < -0.39 is 0 Å². The molecule has 0 spiro atoms. The van der Waals surface area contributed by atoms with E-state index in [2.05, 4.69) is 52.0 Å². The summed E-state index contributed by atoms with van der Waals surface area (Å²) in [5.74, 6) is 1.41. The number of carbonyl (C=O) groups excluding carboxylic acids is 1. The zero-order valence-electron chi connectivity index (χ0n) is 18.8. The van der Waals surface area contributed by atoms with Crippen molar-refractivity contribution in [3.05, 3.63) is 95.8 Å². The molecule has 6 nitrogen and oxygen atoms in total. The average molecular weight is 458 g/mol. The van der Waals surface area contributed by atoms with Crippen molar-refractivity contribution in [1.82, 2.24) is 14.8 Å². The minimum absolute atomic E-state index is 0.0103. The van der Waals surface area contributed by atoms with E-state index in [1.54, 1.807) is 0 Å². The van der Waals surface area contributed by atoms with Crippen LogP contribution in [-0.2, 0) is 11.3 Å². The lowest BCUT2D eigenvalue weighted by atomic mass is 10.2. The number of anilines is 2. The second kappa shape index (κ2) is 10.8.